The van der Waals surface area contributed by atoms with Gasteiger partial charge < -0.3 is 9.84 Å². The van der Waals surface area contributed by atoms with Crippen molar-refractivity contribution in [3.63, 3.8) is 0 Å². The van der Waals surface area contributed by atoms with E-state index in [-0.39, 0.29) is 5.91 Å². The number of benzene rings is 1. The molecular weight excluding hydrogens is 332 g/mol. The summed E-state index contributed by atoms with van der Waals surface area (Å²) in [6.07, 6.45) is 0.640. The van der Waals surface area contributed by atoms with Gasteiger partial charge in [0, 0.05) is 10.2 Å². The summed E-state index contributed by atoms with van der Waals surface area (Å²) in [6.45, 7) is 3.64. The van der Waals surface area contributed by atoms with Crippen molar-refractivity contribution in [1.82, 2.24) is 5.16 Å². The van der Waals surface area contributed by atoms with E-state index in [0.29, 0.717) is 34.1 Å². The topological polar surface area (TPSA) is 55.1 Å². The summed E-state index contributed by atoms with van der Waals surface area (Å²) in [5.74, 6) is 0.270. The van der Waals surface area contributed by atoms with Crippen LogP contribution < -0.4 is 5.32 Å². The lowest BCUT2D eigenvalue weighted by Gasteiger charge is -2.06. The number of aromatic nitrogens is 1. The average Bonchev–Trinajstić information content (AvgIpc) is 2.75. The highest BCUT2D eigenvalue weighted by molar-refractivity contribution is 9.10. The first kappa shape index (κ1) is 14.1. The van der Waals surface area contributed by atoms with E-state index in [4.69, 9.17) is 16.1 Å². The van der Waals surface area contributed by atoms with Gasteiger partial charge in [-0.3, -0.25) is 4.79 Å². The van der Waals surface area contributed by atoms with Crippen molar-refractivity contribution in [1.29, 1.82) is 0 Å². The predicted octanol–water partition coefficient (Wildman–Crippen LogP) is 4.21. The van der Waals surface area contributed by atoms with E-state index in [1.807, 2.05) is 6.92 Å². The molecule has 0 bridgehead atoms. The maximum Gasteiger partial charge on any atom is 0.261 e. The van der Waals surface area contributed by atoms with E-state index in [1.165, 1.54) is 0 Å². The Morgan fingerprint density at radius 3 is 2.89 bits per heavy atom. The number of rotatable bonds is 3. The Morgan fingerprint density at radius 2 is 2.26 bits per heavy atom. The van der Waals surface area contributed by atoms with Crippen LogP contribution in [0.1, 0.15) is 28.7 Å². The number of amides is 1. The molecule has 4 nitrogen and oxygen atoms in total. The molecule has 1 aromatic carbocycles. The van der Waals surface area contributed by atoms with Crippen molar-refractivity contribution >= 4 is 39.1 Å². The van der Waals surface area contributed by atoms with Gasteiger partial charge in [-0.15, -0.1) is 0 Å². The standard InChI is InChI=1S/C13H12BrClN2O2/c1-3-11-12(7(2)19-17-11)13(18)16-8-4-5-9(14)10(15)6-8/h4-6H,3H2,1-2H3,(H,16,18). The third-order valence-electron chi connectivity index (χ3n) is 2.67. The lowest BCUT2D eigenvalue weighted by atomic mass is 10.1. The maximum absolute atomic E-state index is 12.2. The minimum Gasteiger partial charge on any atom is -0.361 e. The van der Waals surface area contributed by atoms with E-state index in [1.54, 1.807) is 25.1 Å². The highest BCUT2D eigenvalue weighted by Gasteiger charge is 2.19. The van der Waals surface area contributed by atoms with Crippen molar-refractivity contribution < 1.29 is 9.32 Å². The van der Waals surface area contributed by atoms with Crippen LogP contribution >= 0.6 is 27.5 Å². The van der Waals surface area contributed by atoms with Crippen LogP contribution in [0.4, 0.5) is 5.69 Å². The number of anilines is 1. The van der Waals surface area contributed by atoms with Gasteiger partial charge in [0.1, 0.15) is 11.3 Å². The number of carbonyl (C=O) groups excluding carboxylic acids is 1. The van der Waals surface area contributed by atoms with Crippen LogP contribution in [0.25, 0.3) is 0 Å². The molecule has 0 saturated heterocycles. The fraction of sp³-hybridized carbons (Fsp3) is 0.231. The summed E-state index contributed by atoms with van der Waals surface area (Å²) in [6, 6.07) is 5.22. The number of hydrogen-bond acceptors (Lipinski definition) is 3. The number of halogens is 2. The monoisotopic (exact) mass is 342 g/mol. The maximum atomic E-state index is 12.2. The zero-order valence-electron chi connectivity index (χ0n) is 10.5. The molecule has 0 spiro atoms. The second-order valence-corrected chi connectivity index (χ2v) is 5.26. The Hall–Kier alpha value is -1.33. The van der Waals surface area contributed by atoms with Crippen molar-refractivity contribution in [3.8, 4) is 0 Å². The van der Waals surface area contributed by atoms with E-state index in [9.17, 15) is 4.79 Å². The number of nitrogens with one attached hydrogen (secondary N) is 1. The third kappa shape index (κ3) is 2.98. The molecule has 0 aliphatic carbocycles. The van der Waals surface area contributed by atoms with Crippen LogP contribution in [0.3, 0.4) is 0 Å². The lowest BCUT2D eigenvalue weighted by Crippen LogP contribution is -2.14. The highest BCUT2D eigenvalue weighted by atomic mass is 79.9. The van der Waals surface area contributed by atoms with Crippen LogP contribution in [0.15, 0.2) is 27.2 Å². The Labute approximate surface area is 124 Å². The summed E-state index contributed by atoms with van der Waals surface area (Å²) in [5.41, 5.74) is 1.76. The van der Waals surface area contributed by atoms with E-state index < -0.39 is 0 Å². The molecule has 1 aromatic heterocycles. The molecule has 19 heavy (non-hydrogen) atoms. The Morgan fingerprint density at radius 1 is 1.53 bits per heavy atom. The van der Waals surface area contributed by atoms with Crippen LogP contribution in [0, 0.1) is 6.92 Å². The first-order valence-electron chi connectivity index (χ1n) is 5.74. The summed E-state index contributed by atoms with van der Waals surface area (Å²) < 4.78 is 5.82. The molecule has 0 atom stereocenters. The molecule has 0 unspecified atom stereocenters. The third-order valence-corrected chi connectivity index (χ3v) is 3.91. The molecule has 6 heteroatoms. The first-order valence-corrected chi connectivity index (χ1v) is 6.91. The molecule has 0 aliphatic rings. The van der Waals surface area contributed by atoms with Crippen molar-refractivity contribution in [2.24, 2.45) is 0 Å². The molecular formula is C13H12BrClN2O2. The van der Waals surface area contributed by atoms with Gasteiger partial charge in [-0.2, -0.15) is 0 Å². The molecule has 0 radical (unpaired) electrons. The van der Waals surface area contributed by atoms with Crippen molar-refractivity contribution in [2.45, 2.75) is 20.3 Å². The molecule has 0 saturated carbocycles. The van der Waals surface area contributed by atoms with Gasteiger partial charge in [0.25, 0.3) is 5.91 Å². The van der Waals surface area contributed by atoms with Crippen LogP contribution in [0.2, 0.25) is 5.02 Å². The van der Waals surface area contributed by atoms with E-state index >= 15 is 0 Å². The number of nitrogens with zero attached hydrogens (tertiary/aromatic N) is 1. The summed E-state index contributed by atoms with van der Waals surface area (Å²) in [5, 5.41) is 7.18. The summed E-state index contributed by atoms with van der Waals surface area (Å²) in [7, 11) is 0. The van der Waals surface area contributed by atoms with Crippen LogP contribution in [0.5, 0.6) is 0 Å². The quantitative estimate of drug-likeness (QED) is 0.908. The lowest BCUT2D eigenvalue weighted by molar-refractivity contribution is 0.102. The van der Waals surface area contributed by atoms with Crippen LogP contribution in [-0.2, 0) is 6.42 Å². The van der Waals surface area contributed by atoms with Crippen LogP contribution in [-0.4, -0.2) is 11.1 Å². The Bertz CT molecular complexity index is 625. The van der Waals surface area contributed by atoms with Gasteiger partial charge in [0.2, 0.25) is 0 Å². The second kappa shape index (κ2) is 5.75. The Balaban J connectivity index is 2.25. The highest BCUT2D eigenvalue weighted by Crippen LogP contribution is 2.26. The average molecular weight is 344 g/mol. The summed E-state index contributed by atoms with van der Waals surface area (Å²) >= 11 is 9.28. The molecule has 0 fully saturated rings. The van der Waals surface area contributed by atoms with Gasteiger partial charge >= 0.3 is 0 Å². The fourth-order valence-corrected chi connectivity index (χ4v) is 2.14. The fourth-order valence-electron chi connectivity index (χ4n) is 1.72. The van der Waals surface area contributed by atoms with Gasteiger partial charge in [0.15, 0.2) is 0 Å². The molecule has 2 aromatic rings. The molecule has 0 aliphatic heterocycles. The van der Waals surface area contributed by atoms with E-state index in [2.05, 4.69) is 26.4 Å². The van der Waals surface area contributed by atoms with Gasteiger partial charge in [-0.25, -0.2) is 0 Å². The molecule has 1 N–H and O–H groups in total. The van der Waals surface area contributed by atoms with Crippen molar-refractivity contribution in [3.05, 3.63) is 44.7 Å². The minimum absolute atomic E-state index is 0.242. The SMILES string of the molecule is CCc1noc(C)c1C(=O)Nc1ccc(Br)c(Cl)c1. The smallest absolute Gasteiger partial charge is 0.261 e. The number of hydrogen-bond donors (Lipinski definition) is 1. The molecule has 2 rings (SSSR count). The number of carbonyl (C=O) groups is 1. The largest absolute Gasteiger partial charge is 0.361 e. The summed E-state index contributed by atoms with van der Waals surface area (Å²) in [4.78, 5) is 12.2. The molecule has 1 heterocycles. The normalized spacial score (nSPS) is 10.5. The zero-order chi connectivity index (χ0) is 14.0. The van der Waals surface area contributed by atoms with Gasteiger partial charge in [-0.05, 0) is 47.5 Å². The Kier molecular flexibility index (Phi) is 4.27. The predicted molar refractivity (Wildman–Crippen MR) is 77.7 cm³/mol. The minimum atomic E-state index is -0.242. The van der Waals surface area contributed by atoms with Gasteiger partial charge in [-0.1, -0.05) is 23.7 Å². The number of aryl methyl sites for hydroxylation is 2. The van der Waals surface area contributed by atoms with E-state index in [0.717, 1.165) is 4.47 Å². The van der Waals surface area contributed by atoms with Gasteiger partial charge in [0.05, 0.1) is 10.7 Å². The first-order chi connectivity index (χ1) is 9.02. The molecule has 100 valence electrons. The van der Waals surface area contributed by atoms with Crippen molar-refractivity contribution in [2.75, 3.05) is 5.32 Å². The molecule has 1 amide bonds. The second-order valence-electron chi connectivity index (χ2n) is 4.00. The zero-order valence-corrected chi connectivity index (χ0v) is 12.8.